The van der Waals surface area contributed by atoms with E-state index in [1.54, 1.807) is 0 Å². The third kappa shape index (κ3) is 7.35. The number of aliphatic hydroxyl groups excluding tert-OH is 1. The van der Waals surface area contributed by atoms with Gasteiger partial charge in [0.25, 0.3) is 0 Å². The molecule has 45 heavy (non-hydrogen) atoms. The number of fused-ring (bicyclic) bond motifs is 2. The number of benzene rings is 3. The monoisotopic (exact) mass is 648 g/mol. The fourth-order valence-electron chi connectivity index (χ4n) is 5.74. The first-order chi connectivity index (χ1) is 21.5. The van der Waals surface area contributed by atoms with E-state index in [2.05, 4.69) is 13.8 Å². The summed E-state index contributed by atoms with van der Waals surface area (Å²) in [7, 11) is -0.696. The molecule has 0 saturated carbocycles. The number of aryl methyl sites for hydroxylation is 2. The van der Waals surface area contributed by atoms with Gasteiger partial charge in [-0.1, -0.05) is 36.4 Å². The molecule has 4 atom stereocenters. The number of anilines is 2. The predicted octanol–water partition coefficient (Wildman–Crippen LogP) is 4.68. The van der Waals surface area contributed by atoms with Gasteiger partial charge in [0, 0.05) is 38.6 Å². The fourth-order valence-corrected chi connectivity index (χ4v) is 7.33. The van der Waals surface area contributed by atoms with E-state index >= 15 is 0 Å². The number of alkyl halides is 3. The molecule has 3 aromatic carbocycles. The number of nitrogens with zero attached hydrogens (tertiary/aromatic N) is 3. The van der Waals surface area contributed by atoms with Crippen molar-refractivity contribution in [3.8, 4) is 5.75 Å². The lowest BCUT2D eigenvalue weighted by Crippen LogP contribution is -2.66. The lowest BCUT2D eigenvalue weighted by atomic mass is 9.94. The summed E-state index contributed by atoms with van der Waals surface area (Å²) in [6, 6.07) is 18.6. The van der Waals surface area contributed by atoms with Crippen molar-refractivity contribution in [2.24, 2.45) is 4.36 Å². The first-order valence-electron chi connectivity index (χ1n) is 14.3. The zero-order valence-electron chi connectivity index (χ0n) is 24.8. The van der Waals surface area contributed by atoms with Gasteiger partial charge in [-0.15, -0.1) is 13.2 Å². The van der Waals surface area contributed by atoms with E-state index in [9.17, 15) is 27.3 Å². The summed E-state index contributed by atoms with van der Waals surface area (Å²) >= 11 is 0. The Morgan fingerprint density at radius 3 is 2.13 bits per heavy atom. The average molecular weight is 649 g/mol. The molecule has 5 rings (SSSR count). The number of methoxy groups -OCH3 is 1. The first-order valence-corrected chi connectivity index (χ1v) is 15.9. The Bertz CT molecular complexity index is 1570. The highest BCUT2D eigenvalue weighted by Crippen LogP contribution is 2.39. The van der Waals surface area contributed by atoms with Crippen LogP contribution in [0.15, 0.2) is 82.1 Å². The number of nitrogens with one attached hydrogen (secondary N) is 1. The van der Waals surface area contributed by atoms with Gasteiger partial charge in [-0.25, -0.2) is 18.1 Å². The zero-order chi connectivity index (χ0) is 32.2. The standard InChI is InChI=1S/C31H35F3N4O6S/c1-35-45(41,24-15-13-23(14-16-24)44-31(32,33)34)36-25-19-37(30(40)43-18-17-42-2)20-28(29(25)39)38-26-9-5-3-7-21(26)11-12-22-8-4-6-10-27(22)38/h3-10,13-16,25,28-29,39H,11-12,17-20H2,1-2H3,(H,35,36,41). The molecule has 2 heterocycles. The Kier molecular flexibility index (Phi) is 9.87. The van der Waals surface area contributed by atoms with Gasteiger partial charge < -0.3 is 29.1 Å². The van der Waals surface area contributed by atoms with E-state index in [1.165, 1.54) is 31.2 Å². The maximum absolute atomic E-state index is 14.2. The first kappa shape index (κ1) is 32.5. The maximum atomic E-state index is 14.2. The Morgan fingerprint density at radius 2 is 1.58 bits per heavy atom. The second-order valence-electron chi connectivity index (χ2n) is 10.6. The molecule has 2 aliphatic heterocycles. The molecule has 0 spiro atoms. The number of amides is 1. The highest BCUT2D eigenvalue weighted by molar-refractivity contribution is 7.91. The number of piperidine rings is 1. The molecule has 2 aliphatic rings. The number of para-hydroxylation sites is 2. The number of hydrogen-bond donors (Lipinski definition) is 2. The Balaban J connectivity index is 1.52. The Hall–Kier alpha value is -3.85. The molecule has 0 aromatic heterocycles. The van der Waals surface area contributed by atoms with Crippen LogP contribution in [0.25, 0.3) is 0 Å². The van der Waals surface area contributed by atoms with Crippen LogP contribution in [0.5, 0.6) is 5.75 Å². The van der Waals surface area contributed by atoms with Crippen molar-refractivity contribution in [2.45, 2.75) is 42.3 Å². The number of aliphatic hydroxyl groups is 1. The van der Waals surface area contributed by atoms with Gasteiger partial charge >= 0.3 is 12.5 Å². The fraction of sp³-hybridized carbons (Fsp3) is 0.387. The second-order valence-corrected chi connectivity index (χ2v) is 12.8. The topological polar surface area (TPSA) is 113 Å². The quantitative estimate of drug-likeness (QED) is 0.341. The largest absolute Gasteiger partial charge is 0.573 e. The van der Waals surface area contributed by atoms with Crippen molar-refractivity contribution in [1.82, 2.24) is 9.62 Å². The van der Waals surface area contributed by atoms with Crippen LogP contribution >= 0.6 is 0 Å². The van der Waals surface area contributed by atoms with E-state index in [-0.39, 0.29) is 31.2 Å². The molecule has 1 saturated heterocycles. The van der Waals surface area contributed by atoms with Crippen molar-refractivity contribution in [3.05, 3.63) is 83.9 Å². The lowest BCUT2D eigenvalue weighted by molar-refractivity contribution is -0.274. The lowest BCUT2D eigenvalue weighted by Gasteiger charge is -2.47. The van der Waals surface area contributed by atoms with Crippen LogP contribution in [0.4, 0.5) is 29.3 Å². The average Bonchev–Trinajstić information content (AvgIpc) is 3.18. The smallest absolute Gasteiger partial charge is 0.447 e. The second kappa shape index (κ2) is 13.6. The maximum Gasteiger partial charge on any atom is 0.573 e. The molecule has 4 unspecified atom stereocenters. The number of ether oxygens (including phenoxy) is 3. The minimum Gasteiger partial charge on any atom is -0.447 e. The third-order valence-corrected chi connectivity index (χ3v) is 9.89. The van der Waals surface area contributed by atoms with Crippen LogP contribution < -0.4 is 14.4 Å². The van der Waals surface area contributed by atoms with Gasteiger partial charge in [-0.05, 0) is 60.4 Å². The molecule has 0 radical (unpaired) electrons. The van der Waals surface area contributed by atoms with Gasteiger partial charge in [-0.3, -0.25) is 0 Å². The molecule has 0 aliphatic carbocycles. The molecule has 1 amide bonds. The minimum absolute atomic E-state index is 0.0138. The summed E-state index contributed by atoms with van der Waals surface area (Å²) < 4.78 is 73.7. The minimum atomic E-state index is -4.89. The third-order valence-electron chi connectivity index (χ3n) is 7.84. The SMILES string of the molecule is CN=S(=O)(NC1CN(C(=O)OCCOC)CC(N2c3ccccc3CCc3ccccc32)C1O)c1ccc(OC(F)(F)F)cc1. The number of carbonyl (C=O) groups is 1. The summed E-state index contributed by atoms with van der Waals surface area (Å²) in [5, 5.41) is 12.0. The molecule has 1 fully saturated rings. The van der Waals surface area contributed by atoms with Crippen LogP contribution in [0, 0.1) is 0 Å². The van der Waals surface area contributed by atoms with Crippen molar-refractivity contribution in [1.29, 1.82) is 0 Å². The van der Waals surface area contributed by atoms with Gasteiger partial charge in [-0.2, -0.15) is 0 Å². The van der Waals surface area contributed by atoms with Crippen LogP contribution in [0.3, 0.4) is 0 Å². The van der Waals surface area contributed by atoms with Crippen molar-refractivity contribution in [3.63, 3.8) is 0 Å². The van der Waals surface area contributed by atoms with Crippen LogP contribution in [-0.4, -0.2) is 85.3 Å². The number of rotatable bonds is 8. The number of hydrogen-bond acceptors (Lipinski definition) is 8. The molecule has 14 heteroatoms. The molecule has 10 nitrogen and oxygen atoms in total. The van der Waals surface area contributed by atoms with E-state index in [0.29, 0.717) is 0 Å². The molecule has 2 N–H and O–H groups in total. The molecule has 3 aromatic rings. The van der Waals surface area contributed by atoms with Crippen LogP contribution in [0.1, 0.15) is 11.1 Å². The van der Waals surface area contributed by atoms with Gasteiger partial charge in [0.15, 0.2) is 0 Å². The van der Waals surface area contributed by atoms with Crippen molar-refractivity contribution >= 4 is 27.4 Å². The Morgan fingerprint density at radius 1 is 0.978 bits per heavy atom. The zero-order valence-corrected chi connectivity index (χ0v) is 25.6. The highest BCUT2D eigenvalue weighted by atomic mass is 32.2. The van der Waals surface area contributed by atoms with Gasteiger partial charge in [0.1, 0.15) is 22.3 Å². The van der Waals surface area contributed by atoms with Gasteiger partial charge in [0.05, 0.1) is 29.7 Å². The molecule has 242 valence electrons. The molecular formula is C31H35F3N4O6S. The van der Waals surface area contributed by atoms with E-state index in [1.807, 2.05) is 53.4 Å². The van der Waals surface area contributed by atoms with E-state index in [0.717, 1.165) is 47.5 Å². The predicted molar refractivity (Wildman–Crippen MR) is 162 cm³/mol. The Labute approximate surface area is 260 Å². The summed E-state index contributed by atoms with van der Waals surface area (Å²) in [5.74, 6) is -0.481. The summed E-state index contributed by atoms with van der Waals surface area (Å²) in [6.45, 7) is 0.209. The van der Waals surface area contributed by atoms with Gasteiger partial charge in [0.2, 0.25) is 0 Å². The molecular weight excluding hydrogens is 613 g/mol. The van der Waals surface area contributed by atoms with Crippen LogP contribution in [-0.2, 0) is 32.2 Å². The van der Waals surface area contributed by atoms with Crippen LogP contribution in [0.2, 0.25) is 0 Å². The number of carbonyl (C=O) groups excluding carboxylic acids is 1. The van der Waals surface area contributed by atoms with E-state index in [4.69, 9.17) is 9.47 Å². The van der Waals surface area contributed by atoms with E-state index < -0.39 is 46.3 Å². The highest BCUT2D eigenvalue weighted by Gasteiger charge is 2.44. The molecule has 0 bridgehead atoms. The summed E-state index contributed by atoms with van der Waals surface area (Å²) in [5.41, 5.74) is 3.89. The number of halogens is 3. The van der Waals surface area contributed by atoms with Crippen molar-refractivity contribution < 1.29 is 41.5 Å². The number of likely N-dealkylation sites (tertiary alicyclic amines) is 1. The summed E-state index contributed by atoms with van der Waals surface area (Å²) in [6.07, 6.45) is -5.16. The summed E-state index contributed by atoms with van der Waals surface area (Å²) in [4.78, 5) is 16.8. The normalized spacial score (nSPS) is 21.2. The van der Waals surface area contributed by atoms with Crippen molar-refractivity contribution in [2.75, 3.05) is 45.4 Å².